The van der Waals surface area contributed by atoms with Gasteiger partial charge in [0.15, 0.2) is 0 Å². The Balaban J connectivity index is 1.92. The SMILES string of the molecule is Cc1ccc(OCCCN2CCCC2)c(S(=O)(=O)Cl)c1. The lowest BCUT2D eigenvalue weighted by Gasteiger charge is -2.15. The molecule has 6 heteroatoms. The van der Waals surface area contributed by atoms with Gasteiger partial charge in [-0.1, -0.05) is 6.07 Å². The van der Waals surface area contributed by atoms with E-state index < -0.39 is 9.05 Å². The van der Waals surface area contributed by atoms with Crippen LogP contribution in [0.15, 0.2) is 23.1 Å². The normalized spacial score (nSPS) is 16.5. The van der Waals surface area contributed by atoms with Gasteiger partial charge in [-0.15, -0.1) is 0 Å². The van der Waals surface area contributed by atoms with E-state index >= 15 is 0 Å². The van der Waals surface area contributed by atoms with Crippen LogP contribution >= 0.6 is 10.7 Å². The monoisotopic (exact) mass is 317 g/mol. The number of hydrogen-bond acceptors (Lipinski definition) is 4. The smallest absolute Gasteiger partial charge is 0.264 e. The van der Waals surface area contributed by atoms with Gasteiger partial charge in [-0.2, -0.15) is 0 Å². The quantitative estimate of drug-likeness (QED) is 0.598. The van der Waals surface area contributed by atoms with Gasteiger partial charge in [0, 0.05) is 17.2 Å². The molecule has 0 spiro atoms. The molecule has 1 aromatic carbocycles. The Labute approximate surface area is 125 Å². The fourth-order valence-corrected chi connectivity index (χ4v) is 3.46. The molecule has 0 aromatic heterocycles. The first kappa shape index (κ1) is 15.6. The van der Waals surface area contributed by atoms with Crippen LogP contribution in [0.5, 0.6) is 5.75 Å². The van der Waals surface area contributed by atoms with Gasteiger partial charge in [-0.05, 0) is 57.0 Å². The van der Waals surface area contributed by atoms with Crippen LogP contribution in [0.4, 0.5) is 0 Å². The summed E-state index contributed by atoms with van der Waals surface area (Å²) in [5.41, 5.74) is 0.841. The standard InChI is InChI=1S/C14H20ClNO3S/c1-12-5-6-13(14(11-12)20(15,17)18)19-10-4-9-16-7-2-3-8-16/h5-6,11H,2-4,7-10H2,1H3. The third-order valence-corrected chi connectivity index (χ3v) is 4.78. The van der Waals surface area contributed by atoms with Crippen molar-refractivity contribution in [3.8, 4) is 5.75 Å². The van der Waals surface area contributed by atoms with Crippen molar-refractivity contribution in [2.75, 3.05) is 26.2 Å². The zero-order chi connectivity index (χ0) is 14.6. The number of benzene rings is 1. The zero-order valence-electron chi connectivity index (χ0n) is 11.6. The van der Waals surface area contributed by atoms with Crippen LogP contribution in [-0.4, -0.2) is 39.6 Å². The van der Waals surface area contributed by atoms with Crippen LogP contribution in [0.2, 0.25) is 0 Å². The molecular weight excluding hydrogens is 298 g/mol. The molecule has 1 aromatic rings. The van der Waals surface area contributed by atoms with Gasteiger partial charge in [-0.25, -0.2) is 8.42 Å². The molecule has 0 aliphatic carbocycles. The average Bonchev–Trinajstić information content (AvgIpc) is 2.88. The minimum Gasteiger partial charge on any atom is -0.492 e. The maximum atomic E-state index is 11.5. The molecule has 0 unspecified atom stereocenters. The second kappa shape index (κ2) is 6.78. The van der Waals surface area contributed by atoms with E-state index in [9.17, 15) is 8.42 Å². The lowest BCUT2D eigenvalue weighted by Crippen LogP contribution is -2.22. The van der Waals surface area contributed by atoms with Crippen molar-refractivity contribution in [2.45, 2.75) is 31.1 Å². The molecule has 1 saturated heterocycles. The van der Waals surface area contributed by atoms with Crippen LogP contribution in [0.3, 0.4) is 0 Å². The van der Waals surface area contributed by atoms with E-state index in [1.807, 2.05) is 13.0 Å². The number of aryl methyl sites for hydroxylation is 1. The first-order valence-corrected chi connectivity index (χ1v) is 9.18. The summed E-state index contributed by atoms with van der Waals surface area (Å²) in [5.74, 6) is 0.340. The largest absolute Gasteiger partial charge is 0.492 e. The number of rotatable bonds is 6. The highest BCUT2D eigenvalue weighted by atomic mass is 35.7. The first-order chi connectivity index (χ1) is 9.47. The molecule has 2 rings (SSSR count). The van der Waals surface area contributed by atoms with Gasteiger partial charge < -0.3 is 9.64 Å². The molecule has 0 radical (unpaired) electrons. The van der Waals surface area contributed by atoms with Crippen LogP contribution in [-0.2, 0) is 9.05 Å². The van der Waals surface area contributed by atoms with Gasteiger partial charge in [0.25, 0.3) is 9.05 Å². The average molecular weight is 318 g/mol. The van der Waals surface area contributed by atoms with Crippen molar-refractivity contribution in [2.24, 2.45) is 0 Å². The summed E-state index contributed by atoms with van der Waals surface area (Å²) in [6.45, 7) is 5.63. The third-order valence-electron chi connectivity index (χ3n) is 3.44. The molecule has 112 valence electrons. The second-order valence-corrected chi connectivity index (χ2v) is 7.67. The van der Waals surface area contributed by atoms with E-state index in [-0.39, 0.29) is 4.90 Å². The van der Waals surface area contributed by atoms with Gasteiger partial charge in [0.2, 0.25) is 0 Å². The Hall–Kier alpha value is -0.780. The summed E-state index contributed by atoms with van der Waals surface area (Å²) in [6, 6.07) is 5.03. The predicted octanol–water partition coefficient (Wildman–Crippen LogP) is 2.79. The summed E-state index contributed by atoms with van der Waals surface area (Å²) in [4.78, 5) is 2.46. The van der Waals surface area contributed by atoms with Crippen molar-refractivity contribution >= 4 is 19.7 Å². The lowest BCUT2D eigenvalue weighted by atomic mass is 10.2. The van der Waals surface area contributed by atoms with Gasteiger partial charge in [0.1, 0.15) is 10.6 Å². The van der Waals surface area contributed by atoms with E-state index in [1.54, 1.807) is 6.07 Å². The number of hydrogen-bond donors (Lipinski definition) is 0. The number of likely N-dealkylation sites (tertiary alicyclic amines) is 1. The number of ether oxygens (including phenoxy) is 1. The summed E-state index contributed by atoms with van der Waals surface area (Å²) < 4.78 is 28.6. The van der Waals surface area contributed by atoms with Crippen molar-refractivity contribution in [3.63, 3.8) is 0 Å². The summed E-state index contributed by atoms with van der Waals surface area (Å²) in [7, 11) is 1.66. The highest BCUT2D eigenvalue weighted by molar-refractivity contribution is 8.13. The lowest BCUT2D eigenvalue weighted by molar-refractivity contribution is 0.259. The van der Waals surface area contributed by atoms with Crippen molar-refractivity contribution in [1.29, 1.82) is 0 Å². The van der Waals surface area contributed by atoms with Gasteiger partial charge >= 0.3 is 0 Å². The Kier molecular flexibility index (Phi) is 5.29. The Morgan fingerprint density at radius 1 is 1.30 bits per heavy atom. The molecule has 20 heavy (non-hydrogen) atoms. The molecule has 1 fully saturated rings. The predicted molar refractivity (Wildman–Crippen MR) is 80.0 cm³/mol. The van der Waals surface area contributed by atoms with Gasteiger partial charge in [-0.3, -0.25) is 0 Å². The molecule has 1 aliphatic heterocycles. The molecule has 0 bridgehead atoms. The topological polar surface area (TPSA) is 46.6 Å². The Morgan fingerprint density at radius 3 is 2.65 bits per heavy atom. The molecule has 0 N–H and O–H groups in total. The molecule has 0 atom stereocenters. The molecule has 0 saturated carbocycles. The summed E-state index contributed by atoms with van der Waals surface area (Å²) in [6.07, 6.45) is 3.43. The zero-order valence-corrected chi connectivity index (χ0v) is 13.2. The maximum absolute atomic E-state index is 11.5. The van der Waals surface area contributed by atoms with Crippen molar-refractivity contribution < 1.29 is 13.2 Å². The first-order valence-electron chi connectivity index (χ1n) is 6.87. The van der Waals surface area contributed by atoms with E-state index in [1.165, 1.54) is 18.9 Å². The third kappa shape index (κ3) is 4.36. The molecular formula is C14H20ClNO3S. The molecule has 1 aliphatic rings. The fourth-order valence-electron chi connectivity index (χ4n) is 2.40. The van der Waals surface area contributed by atoms with E-state index in [0.717, 1.165) is 31.6 Å². The van der Waals surface area contributed by atoms with Crippen molar-refractivity contribution in [1.82, 2.24) is 4.90 Å². The van der Waals surface area contributed by atoms with E-state index in [4.69, 9.17) is 15.4 Å². The summed E-state index contributed by atoms with van der Waals surface area (Å²) >= 11 is 0. The minimum atomic E-state index is -3.77. The maximum Gasteiger partial charge on any atom is 0.264 e. The van der Waals surface area contributed by atoms with Crippen LogP contribution in [0, 0.1) is 6.92 Å². The molecule has 1 heterocycles. The second-order valence-electron chi connectivity index (χ2n) is 5.14. The van der Waals surface area contributed by atoms with Crippen LogP contribution in [0.25, 0.3) is 0 Å². The number of halogens is 1. The van der Waals surface area contributed by atoms with Crippen LogP contribution in [0.1, 0.15) is 24.8 Å². The Morgan fingerprint density at radius 2 is 2.00 bits per heavy atom. The number of nitrogens with zero attached hydrogens (tertiary/aromatic N) is 1. The molecule has 0 amide bonds. The highest BCUT2D eigenvalue weighted by Crippen LogP contribution is 2.28. The summed E-state index contributed by atoms with van der Waals surface area (Å²) in [5, 5.41) is 0. The van der Waals surface area contributed by atoms with Crippen molar-refractivity contribution in [3.05, 3.63) is 23.8 Å². The fraction of sp³-hybridized carbons (Fsp3) is 0.571. The minimum absolute atomic E-state index is 0.0559. The van der Waals surface area contributed by atoms with Gasteiger partial charge in [0.05, 0.1) is 6.61 Å². The highest BCUT2D eigenvalue weighted by Gasteiger charge is 2.17. The Bertz CT molecular complexity index is 554. The van der Waals surface area contributed by atoms with E-state index in [2.05, 4.69) is 4.90 Å². The van der Waals surface area contributed by atoms with E-state index in [0.29, 0.717) is 12.4 Å². The molecule has 4 nitrogen and oxygen atoms in total. The van der Waals surface area contributed by atoms with Crippen LogP contribution < -0.4 is 4.74 Å².